The summed E-state index contributed by atoms with van der Waals surface area (Å²) < 4.78 is 0. The summed E-state index contributed by atoms with van der Waals surface area (Å²) in [6.45, 7) is 2.22. The highest BCUT2D eigenvalue weighted by Crippen LogP contribution is 2.51. The number of fused-ring (bicyclic) bond motifs is 3. The molecule has 4 atom stereocenters. The number of hydrogen-bond acceptors (Lipinski definition) is 5. The highest BCUT2D eigenvalue weighted by Gasteiger charge is 2.49. The quantitative estimate of drug-likeness (QED) is 0.343. The van der Waals surface area contributed by atoms with Gasteiger partial charge in [0.1, 0.15) is 5.69 Å². The van der Waals surface area contributed by atoms with Gasteiger partial charge in [-0.3, -0.25) is 4.79 Å². The van der Waals surface area contributed by atoms with Crippen molar-refractivity contribution in [3.8, 4) is 12.3 Å². The zero-order chi connectivity index (χ0) is 25.4. The van der Waals surface area contributed by atoms with E-state index in [1.807, 2.05) is 5.38 Å². The fraction of sp³-hybridized carbons (Fsp3) is 0.419. The van der Waals surface area contributed by atoms with E-state index in [4.69, 9.17) is 6.42 Å². The van der Waals surface area contributed by atoms with Crippen LogP contribution in [0.15, 0.2) is 53.9 Å². The first-order valence-electron chi connectivity index (χ1n) is 13.6. The van der Waals surface area contributed by atoms with Gasteiger partial charge in [-0.05, 0) is 67.4 Å². The van der Waals surface area contributed by atoms with Crippen LogP contribution in [-0.4, -0.2) is 33.9 Å². The van der Waals surface area contributed by atoms with E-state index in [1.165, 1.54) is 41.9 Å². The Hall–Kier alpha value is -3.30. The topological polar surface area (TPSA) is 57.3 Å². The highest BCUT2D eigenvalue weighted by atomic mass is 32.1. The standard InChI is InChI=1S/C31H34N4OS/c1-3-5-11-23-18-25-24-12-6-7-13-26(24)34-29(25)30(35(23)31(36)27-19-37-28(4-2)33-27)20-14-16-22(17-15-20)32-21-9-8-10-21/h2,6-7,12-17,19,21,23,25,29-30,32,34H,3,5,8-11,18H2,1H3. The number of unbranched alkanes of at least 4 members (excludes halogenated alkanes) is 1. The molecule has 0 bridgehead atoms. The van der Waals surface area contributed by atoms with Crippen molar-refractivity contribution in [2.24, 2.45) is 0 Å². The first-order chi connectivity index (χ1) is 18.2. The van der Waals surface area contributed by atoms with Gasteiger partial charge in [-0.25, -0.2) is 4.98 Å². The summed E-state index contributed by atoms with van der Waals surface area (Å²) in [6, 6.07) is 18.2. The lowest BCUT2D eigenvalue weighted by molar-refractivity contribution is 0.0352. The Morgan fingerprint density at radius 2 is 2.03 bits per heavy atom. The molecule has 0 radical (unpaired) electrons. The second-order valence-electron chi connectivity index (χ2n) is 10.6. The average Bonchev–Trinajstić information content (AvgIpc) is 3.53. The van der Waals surface area contributed by atoms with Gasteiger partial charge in [0.05, 0.1) is 12.1 Å². The fourth-order valence-corrected chi connectivity index (χ4v) is 6.89. The van der Waals surface area contributed by atoms with Gasteiger partial charge in [-0.1, -0.05) is 50.1 Å². The summed E-state index contributed by atoms with van der Waals surface area (Å²) in [5.74, 6) is 2.93. The minimum absolute atomic E-state index is 0.0169. The molecule has 2 fully saturated rings. The third kappa shape index (κ3) is 4.51. The molecule has 190 valence electrons. The first-order valence-corrected chi connectivity index (χ1v) is 14.5. The third-order valence-corrected chi connectivity index (χ3v) is 9.15. The largest absolute Gasteiger partial charge is 0.382 e. The number of amides is 1. The smallest absolute Gasteiger partial charge is 0.274 e. The number of piperidine rings is 1. The summed E-state index contributed by atoms with van der Waals surface area (Å²) in [5.41, 5.74) is 5.34. The molecule has 2 N–H and O–H groups in total. The Morgan fingerprint density at radius 1 is 1.22 bits per heavy atom. The molecule has 3 heterocycles. The van der Waals surface area contributed by atoms with Crippen LogP contribution in [0.2, 0.25) is 0 Å². The van der Waals surface area contributed by atoms with Crippen LogP contribution < -0.4 is 10.6 Å². The Bertz CT molecular complexity index is 1310. The molecule has 5 nitrogen and oxygen atoms in total. The number of carbonyl (C=O) groups excluding carboxylic acids is 1. The summed E-state index contributed by atoms with van der Waals surface area (Å²) in [5, 5.41) is 9.84. The van der Waals surface area contributed by atoms with Crippen molar-refractivity contribution in [2.75, 3.05) is 10.6 Å². The summed E-state index contributed by atoms with van der Waals surface area (Å²) in [6.07, 6.45) is 13.5. The maximum absolute atomic E-state index is 14.2. The van der Waals surface area contributed by atoms with Crippen molar-refractivity contribution in [2.45, 2.75) is 82.0 Å². The number of thiazole rings is 1. The molecule has 2 aliphatic heterocycles. The second kappa shape index (κ2) is 10.2. The Morgan fingerprint density at radius 3 is 2.73 bits per heavy atom. The number of rotatable bonds is 7. The minimum atomic E-state index is -0.103. The molecule has 2 aromatic carbocycles. The van der Waals surface area contributed by atoms with Gasteiger partial charge in [-0.2, -0.15) is 0 Å². The lowest BCUT2D eigenvalue weighted by atomic mass is 9.76. The first kappa shape index (κ1) is 24.1. The molecule has 3 aliphatic rings. The zero-order valence-electron chi connectivity index (χ0n) is 21.3. The van der Waals surface area contributed by atoms with Crippen LogP contribution in [0.3, 0.4) is 0 Å². The van der Waals surface area contributed by atoms with Gasteiger partial charge in [0.25, 0.3) is 5.91 Å². The molecule has 3 aromatic rings. The van der Waals surface area contributed by atoms with Gasteiger partial charge in [0.15, 0.2) is 5.01 Å². The maximum Gasteiger partial charge on any atom is 0.274 e. The SMILES string of the molecule is C#Cc1nc(C(=O)N2C(CCCC)CC3c4ccccc4NC3C2c2ccc(NC3CCC3)cc2)cs1. The number of likely N-dealkylation sites (tertiary alicyclic amines) is 1. The van der Waals surface area contributed by atoms with E-state index < -0.39 is 0 Å². The number of aromatic nitrogens is 1. The van der Waals surface area contributed by atoms with Crippen LogP contribution in [0, 0.1) is 12.3 Å². The van der Waals surface area contributed by atoms with E-state index in [2.05, 4.69) is 81.9 Å². The maximum atomic E-state index is 14.2. The molecule has 6 heteroatoms. The number of para-hydroxylation sites is 1. The Balaban J connectivity index is 1.40. The third-order valence-electron chi connectivity index (χ3n) is 8.38. The Labute approximate surface area is 223 Å². The van der Waals surface area contributed by atoms with Crippen molar-refractivity contribution >= 4 is 28.6 Å². The molecule has 1 amide bonds. The van der Waals surface area contributed by atoms with Crippen LogP contribution >= 0.6 is 11.3 Å². The number of anilines is 2. The van der Waals surface area contributed by atoms with E-state index in [-0.39, 0.29) is 24.0 Å². The summed E-state index contributed by atoms with van der Waals surface area (Å²) in [4.78, 5) is 20.8. The molecule has 1 saturated heterocycles. The minimum Gasteiger partial charge on any atom is -0.382 e. The highest BCUT2D eigenvalue weighted by molar-refractivity contribution is 7.10. The number of benzene rings is 2. The second-order valence-corrected chi connectivity index (χ2v) is 11.5. The normalized spacial score (nSPS) is 24.4. The average molecular weight is 511 g/mol. The van der Waals surface area contributed by atoms with Gasteiger partial charge < -0.3 is 15.5 Å². The van der Waals surface area contributed by atoms with Gasteiger partial charge >= 0.3 is 0 Å². The number of hydrogen-bond donors (Lipinski definition) is 2. The van der Waals surface area contributed by atoms with Crippen molar-refractivity contribution < 1.29 is 4.79 Å². The molecule has 6 rings (SSSR count). The predicted octanol–water partition coefficient (Wildman–Crippen LogP) is 6.81. The molecule has 37 heavy (non-hydrogen) atoms. The van der Waals surface area contributed by atoms with Crippen LogP contribution in [0.5, 0.6) is 0 Å². The number of terminal acetylenes is 1. The Kier molecular flexibility index (Phi) is 6.65. The lowest BCUT2D eigenvalue weighted by Gasteiger charge is -2.48. The van der Waals surface area contributed by atoms with Crippen molar-refractivity contribution in [1.29, 1.82) is 0 Å². The van der Waals surface area contributed by atoms with Gasteiger partial charge in [-0.15, -0.1) is 17.8 Å². The van der Waals surface area contributed by atoms with E-state index in [0.717, 1.165) is 36.9 Å². The van der Waals surface area contributed by atoms with E-state index >= 15 is 0 Å². The van der Waals surface area contributed by atoms with Crippen LogP contribution in [0.1, 0.15) is 90.5 Å². The number of nitrogens with one attached hydrogen (secondary N) is 2. The van der Waals surface area contributed by atoms with Gasteiger partial charge in [0, 0.05) is 34.8 Å². The molecule has 0 spiro atoms. The summed E-state index contributed by atoms with van der Waals surface area (Å²) >= 11 is 1.36. The van der Waals surface area contributed by atoms with Crippen LogP contribution in [0.4, 0.5) is 11.4 Å². The zero-order valence-corrected chi connectivity index (χ0v) is 22.1. The summed E-state index contributed by atoms with van der Waals surface area (Å²) in [7, 11) is 0. The van der Waals surface area contributed by atoms with E-state index in [1.54, 1.807) is 0 Å². The molecule has 1 saturated carbocycles. The van der Waals surface area contributed by atoms with E-state index in [0.29, 0.717) is 22.7 Å². The molecular formula is C31H34N4OS. The fourth-order valence-electron chi connectivity index (χ4n) is 6.30. The molecule has 1 aromatic heterocycles. The molecule has 1 aliphatic carbocycles. The number of nitrogens with zero attached hydrogens (tertiary/aromatic N) is 2. The van der Waals surface area contributed by atoms with Gasteiger partial charge in [0.2, 0.25) is 0 Å². The lowest BCUT2D eigenvalue weighted by Crippen LogP contribution is -2.54. The van der Waals surface area contributed by atoms with Crippen molar-refractivity contribution in [3.05, 3.63) is 75.7 Å². The monoisotopic (exact) mass is 510 g/mol. The van der Waals surface area contributed by atoms with Crippen molar-refractivity contribution in [3.63, 3.8) is 0 Å². The molecular weight excluding hydrogens is 476 g/mol. The predicted molar refractivity (Wildman–Crippen MR) is 151 cm³/mol. The van der Waals surface area contributed by atoms with Crippen LogP contribution in [0.25, 0.3) is 0 Å². The van der Waals surface area contributed by atoms with Crippen LogP contribution in [-0.2, 0) is 0 Å². The van der Waals surface area contributed by atoms with E-state index in [9.17, 15) is 4.79 Å². The number of carbonyl (C=O) groups is 1. The van der Waals surface area contributed by atoms with Crippen molar-refractivity contribution in [1.82, 2.24) is 9.88 Å². The molecule has 4 unspecified atom stereocenters.